The van der Waals surface area contributed by atoms with E-state index in [1.54, 1.807) is 0 Å². The molecule has 6 nitrogen and oxygen atoms in total. The first-order valence-electron chi connectivity index (χ1n) is 5.81. The van der Waals surface area contributed by atoms with Gasteiger partial charge in [0.2, 0.25) is 0 Å². The van der Waals surface area contributed by atoms with Gasteiger partial charge in [0.15, 0.2) is 0 Å². The van der Waals surface area contributed by atoms with Gasteiger partial charge in [0.1, 0.15) is 6.54 Å². The van der Waals surface area contributed by atoms with Crippen LogP contribution in [0.5, 0.6) is 0 Å². The largest absolute Gasteiger partial charge is 0.480 e. The van der Waals surface area contributed by atoms with Crippen LogP contribution in [0.25, 0.3) is 0 Å². The number of nitrogens with one attached hydrogen (secondary N) is 2. The van der Waals surface area contributed by atoms with Crippen LogP contribution in [0, 0.1) is 0 Å². The second kappa shape index (κ2) is 6.53. The Balaban J connectivity index is 2.68. The highest BCUT2D eigenvalue weighted by Crippen LogP contribution is 2.04. The van der Waals surface area contributed by atoms with Gasteiger partial charge in [-0.2, -0.15) is 0 Å². The van der Waals surface area contributed by atoms with E-state index in [9.17, 15) is 14.4 Å². The van der Waals surface area contributed by atoms with Crippen molar-refractivity contribution in [3.63, 3.8) is 0 Å². The number of carboxylic acid groups (broad SMARTS) is 1. The average molecular weight is 264 g/mol. The van der Waals surface area contributed by atoms with E-state index in [0.717, 1.165) is 0 Å². The highest BCUT2D eigenvalue weighted by molar-refractivity contribution is 5.98. The summed E-state index contributed by atoms with van der Waals surface area (Å²) in [5.74, 6) is -1.81. The van der Waals surface area contributed by atoms with Gasteiger partial charge >= 0.3 is 5.97 Å². The van der Waals surface area contributed by atoms with Crippen molar-refractivity contribution in [1.29, 1.82) is 0 Å². The summed E-state index contributed by atoms with van der Waals surface area (Å²) in [5, 5.41) is 13.4. The smallest absolute Gasteiger partial charge is 0.322 e. The molecule has 0 fully saturated rings. The summed E-state index contributed by atoms with van der Waals surface area (Å²) in [6.45, 7) is 3.27. The van der Waals surface area contributed by atoms with Gasteiger partial charge in [-0.3, -0.25) is 14.4 Å². The molecular weight excluding hydrogens is 248 g/mol. The van der Waals surface area contributed by atoms with E-state index in [2.05, 4.69) is 10.6 Å². The minimum absolute atomic E-state index is 0.0334. The second-order valence-electron chi connectivity index (χ2n) is 4.28. The van der Waals surface area contributed by atoms with E-state index < -0.39 is 18.4 Å². The number of hydrogen-bond acceptors (Lipinski definition) is 3. The maximum absolute atomic E-state index is 11.7. The van der Waals surface area contributed by atoms with E-state index in [-0.39, 0.29) is 11.9 Å². The topological polar surface area (TPSA) is 95.5 Å². The SMILES string of the molecule is CC(C)NC(=O)c1ccc(C(=O)NCC(=O)O)cc1. The standard InChI is InChI=1S/C13H16N2O4/c1-8(2)15-13(19)10-5-3-9(4-6-10)12(18)14-7-11(16)17/h3-6,8H,7H2,1-2H3,(H,14,18)(H,15,19)(H,16,17). The maximum atomic E-state index is 11.7. The molecule has 1 aromatic carbocycles. The Kier molecular flexibility index (Phi) is 5.05. The number of rotatable bonds is 5. The molecule has 0 saturated heterocycles. The molecule has 19 heavy (non-hydrogen) atoms. The Morgan fingerprint density at radius 2 is 1.53 bits per heavy atom. The van der Waals surface area contributed by atoms with Crippen LogP contribution in [0.4, 0.5) is 0 Å². The molecule has 3 N–H and O–H groups in total. The number of amides is 2. The van der Waals surface area contributed by atoms with Crippen molar-refractivity contribution in [3.05, 3.63) is 35.4 Å². The zero-order valence-corrected chi connectivity index (χ0v) is 10.8. The lowest BCUT2D eigenvalue weighted by molar-refractivity contribution is -0.135. The molecule has 0 atom stereocenters. The molecule has 0 spiro atoms. The van der Waals surface area contributed by atoms with Crippen molar-refractivity contribution < 1.29 is 19.5 Å². The van der Waals surface area contributed by atoms with Crippen molar-refractivity contribution in [1.82, 2.24) is 10.6 Å². The number of carboxylic acids is 1. The molecular formula is C13H16N2O4. The number of aliphatic carboxylic acids is 1. The second-order valence-corrected chi connectivity index (χ2v) is 4.28. The summed E-state index contributed by atoms with van der Waals surface area (Å²) >= 11 is 0. The Labute approximate surface area is 110 Å². The number of benzene rings is 1. The lowest BCUT2D eigenvalue weighted by atomic mass is 10.1. The molecule has 0 bridgehead atoms. The van der Waals surface area contributed by atoms with Crippen LogP contribution in [0.2, 0.25) is 0 Å². The van der Waals surface area contributed by atoms with Crippen LogP contribution in [0.3, 0.4) is 0 Å². The number of hydrogen-bond donors (Lipinski definition) is 3. The van der Waals surface area contributed by atoms with Gasteiger partial charge in [0.05, 0.1) is 0 Å². The normalized spacial score (nSPS) is 10.1. The fraction of sp³-hybridized carbons (Fsp3) is 0.308. The third-order valence-electron chi connectivity index (χ3n) is 2.23. The fourth-order valence-electron chi connectivity index (χ4n) is 1.38. The van der Waals surface area contributed by atoms with E-state index in [4.69, 9.17) is 5.11 Å². The van der Waals surface area contributed by atoms with Crippen LogP contribution in [-0.4, -0.2) is 35.5 Å². The van der Waals surface area contributed by atoms with Crippen molar-refractivity contribution in [2.45, 2.75) is 19.9 Å². The molecule has 0 aliphatic heterocycles. The molecule has 6 heteroatoms. The molecule has 0 heterocycles. The molecule has 0 aliphatic carbocycles. The van der Waals surface area contributed by atoms with E-state index in [0.29, 0.717) is 11.1 Å². The van der Waals surface area contributed by atoms with Gasteiger partial charge in [-0.15, -0.1) is 0 Å². The van der Waals surface area contributed by atoms with Gasteiger partial charge in [-0.25, -0.2) is 0 Å². The van der Waals surface area contributed by atoms with Crippen LogP contribution in [-0.2, 0) is 4.79 Å². The molecule has 0 aromatic heterocycles. The average Bonchev–Trinajstić information content (AvgIpc) is 2.35. The Morgan fingerprint density at radius 1 is 1.05 bits per heavy atom. The summed E-state index contributed by atoms with van der Waals surface area (Å²) in [7, 11) is 0. The van der Waals surface area contributed by atoms with Crippen LogP contribution in [0.15, 0.2) is 24.3 Å². The lowest BCUT2D eigenvalue weighted by Crippen LogP contribution is -2.30. The zero-order valence-electron chi connectivity index (χ0n) is 10.8. The molecule has 0 aliphatic rings. The van der Waals surface area contributed by atoms with Gasteiger partial charge < -0.3 is 15.7 Å². The van der Waals surface area contributed by atoms with Crippen molar-refractivity contribution >= 4 is 17.8 Å². The summed E-state index contributed by atoms with van der Waals surface area (Å²) in [4.78, 5) is 33.5. The third kappa shape index (κ3) is 4.79. The van der Waals surface area contributed by atoms with E-state index >= 15 is 0 Å². The lowest BCUT2D eigenvalue weighted by Gasteiger charge is -2.08. The summed E-state index contributed by atoms with van der Waals surface area (Å²) in [6.07, 6.45) is 0. The fourth-order valence-corrected chi connectivity index (χ4v) is 1.38. The third-order valence-corrected chi connectivity index (χ3v) is 2.23. The molecule has 2 amide bonds. The minimum atomic E-state index is -1.11. The quantitative estimate of drug-likeness (QED) is 0.727. The number of carbonyl (C=O) groups is 3. The summed E-state index contributed by atoms with van der Waals surface area (Å²) < 4.78 is 0. The van der Waals surface area contributed by atoms with Crippen LogP contribution < -0.4 is 10.6 Å². The molecule has 102 valence electrons. The van der Waals surface area contributed by atoms with Crippen molar-refractivity contribution in [2.24, 2.45) is 0 Å². The molecule has 0 radical (unpaired) electrons. The summed E-state index contributed by atoms with van der Waals surface area (Å²) in [6, 6.07) is 6.03. The first-order chi connectivity index (χ1) is 8.90. The minimum Gasteiger partial charge on any atom is -0.480 e. The van der Waals surface area contributed by atoms with Crippen molar-refractivity contribution in [2.75, 3.05) is 6.54 Å². The van der Waals surface area contributed by atoms with Crippen LogP contribution >= 0.6 is 0 Å². The van der Waals surface area contributed by atoms with Gasteiger partial charge in [-0.1, -0.05) is 0 Å². The predicted molar refractivity (Wildman–Crippen MR) is 69.0 cm³/mol. The number of carbonyl (C=O) groups excluding carboxylic acids is 2. The maximum Gasteiger partial charge on any atom is 0.322 e. The first kappa shape index (κ1) is 14.7. The first-order valence-corrected chi connectivity index (χ1v) is 5.81. The van der Waals surface area contributed by atoms with Gasteiger partial charge in [0, 0.05) is 17.2 Å². The van der Waals surface area contributed by atoms with E-state index in [1.165, 1.54) is 24.3 Å². The highest BCUT2D eigenvalue weighted by Gasteiger charge is 2.10. The van der Waals surface area contributed by atoms with Crippen LogP contribution in [0.1, 0.15) is 34.6 Å². The van der Waals surface area contributed by atoms with Crippen molar-refractivity contribution in [3.8, 4) is 0 Å². The predicted octanol–water partition coefficient (Wildman–Crippen LogP) is 0.639. The highest BCUT2D eigenvalue weighted by atomic mass is 16.4. The summed E-state index contributed by atoms with van der Waals surface area (Å²) in [5.41, 5.74) is 0.755. The Hall–Kier alpha value is -2.37. The molecule has 0 unspecified atom stereocenters. The Morgan fingerprint density at radius 3 is 1.95 bits per heavy atom. The Bertz CT molecular complexity index is 480. The molecule has 1 rings (SSSR count). The molecule has 0 saturated carbocycles. The monoisotopic (exact) mass is 264 g/mol. The van der Waals surface area contributed by atoms with Gasteiger partial charge in [0.25, 0.3) is 11.8 Å². The van der Waals surface area contributed by atoms with E-state index in [1.807, 2.05) is 13.8 Å². The van der Waals surface area contributed by atoms with Gasteiger partial charge in [-0.05, 0) is 38.1 Å². The molecule has 1 aromatic rings. The zero-order chi connectivity index (χ0) is 14.4.